The molecule has 0 aliphatic carbocycles. The van der Waals surface area contributed by atoms with Crippen LogP contribution in [0, 0.1) is 5.41 Å². The summed E-state index contributed by atoms with van der Waals surface area (Å²) >= 11 is 0. The minimum absolute atomic E-state index is 0.270. The van der Waals surface area contributed by atoms with Crippen molar-refractivity contribution >= 4 is 17.9 Å². The maximum Gasteiger partial charge on any atom is 0.332 e. The lowest BCUT2D eigenvalue weighted by Gasteiger charge is -2.19. The van der Waals surface area contributed by atoms with Crippen molar-refractivity contribution in [2.45, 2.75) is 90.4 Å². The number of unbranched alkanes of at least 4 members (excludes halogenated alkanes) is 10. The second-order valence-corrected chi connectivity index (χ2v) is 6.80. The van der Waals surface area contributed by atoms with Crippen molar-refractivity contribution in [2.24, 2.45) is 5.41 Å². The maximum atomic E-state index is 11.1. The molecule has 6 nitrogen and oxygen atoms in total. The molecule has 0 aliphatic rings. The summed E-state index contributed by atoms with van der Waals surface area (Å²) in [5, 5.41) is 27.0. The first-order valence-electron chi connectivity index (χ1n) is 9.74. The third-order valence-corrected chi connectivity index (χ3v) is 4.66. The maximum absolute atomic E-state index is 11.1. The summed E-state index contributed by atoms with van der Waals surface area (Å²) in [4.78, 5) is 33.3. The van der Waals surface area contributed by atoms with E-state index in [9.17, 15) is 14.4 Å². The van der Waals surface area contributed by atoms with Gasteiger partial charge in [0.15, 0.2) is 0 Å². The van der Waals surface area contributed by atoms with Crippen LogP contribution in [-0.4, -0.2) is 33.2 Å². The quantitative estimate of drug-likeness (QED) is 0.191. The first kappa shape index (κ1) is 24.1. The van der Waals surface area contributed by atoms with Gasteiger partial charge in [-0.1, -0.05) is 70.4 Å². The van der Waals surface area contributed by atoms with Crippen molar-refractivity contribution in [3.05, 3.63) is 12.2 Å². The number of carboxylic acids is 3. The van der Waals surface area contributed by atoms with E-state index in [1.54, 1.807) is 0 Å². The number of carbonyl (C=O) groups is 3. The third-order valence-electron chi connectivity index (χ3n) is 4.66. The van der Waals surface area contributed by atoms with Gasteiger partial charge in [0.05, 0.1) is 0 Å². The highest BCUT2D eigenvalue weighted by molar-refractivity contribution is 6.16. The second kappa shape index (κ2) is 14.3. The number of hydrogen-bond acceptors (Lipinski definition) is 3. The highest BCUT2D eigenvalue weighted by Crippen LogP contribution is 2.27. The van der Waals surface area contributed by atoms with E-state index in [1.807, 2.05) is 0 Å². The van der Waals surface area contributed by atoms with Crippen LogP contribution in [0.1, 0.15) is 90.4 Å². The first-order chi connectivity index (χ1) is 12.4. The third kappa shape index (κ3) is 9.02. The molecule has 0 fully saturated rings. The van der Waals surface area contributed by atoms with Gasteiger partial charge < -0.3 is 15.3 Å². The first-order valence-corrected chi connectivity index (χ1v) is 9.74. The number of hydrogen-bond donors (Lipinski definition) is 3. The van der Waals surface area contributed by atoms with Crippen molar-refractivity contribution < 1.29 is 29.7 Å². The number of rotatable bonds is 17. The number of carboxylic acid groups (broad SMARTS) is 3. The van der Waals surface area contributed by atoms with Gasteiger partial charge in [0.2, 0.25) is 0 Å². The molecule has 0 radical (unpaired) electrons. The van der Waals surface area contributed by atoms with Crippen LogP contribution >= 0.6 is 0 Å². The van der Waals surface area contributed by atoms with Crippen LogP contribution in [0.15, 0.2) is 12.2 Å². The Morgan fingerprint density at radius 1 is 0.654 bits per heavy atom. The molecule has 0 heterocycles. The lowest BCUT2D eigenvalue weighted by Crippen LogP contribution is -2.46. The van der Waals surface area contributed by atoms with E-state index in [2.05, 4.69) is 19.1 Å². The van der Waals surface area contributed by atoms with Crippen LogP contribution in [0.3, 0.4) is 0 Å². The van der Waals surface area contributed by atoms with E-state index in [1.165, 1.54) is 38.5 Å². The molecule has 0 aromatic rings. The van der Waals surface area contributed by atoms with Crippen molar-refractivity contribution in [3.63, 3.8) is 0 Å². The molecule has 0 aliphatic heterocycles. The van der Waals surface area contributed by atoms with Crippen molar-refractivity contribution in [1.82, 2.24) is 0 Å². The fourth-order valence-corrected chi connectivity index (χ4v) is 2.88. The van der Waals surface area contributed by atoms with Gasteiger partial charge in [0.25, 0.3) is 5.41 Å². The zero-order valence-electron chi connectivity index (χ0n) is 15.9. The monoisotopic (exact) mass is 370 g/mol. The average molecular weight is 370 g/mol. The van der Waals surface area contributed by atoms with Crippen molar-refractivity contribution in [2.75, 3.05) is 0 Å². The summed E-state index contributed by atoms with van der Waals surface area (Å²) < 4.78 is 0. The topological polar surface area (TPSA) is 112 Å². The molecular formula is C20H34O6. The van der Waals surface area contributed by atoms with Gasteiger partial charge in [-0.2, -0.15) is 0 Å². The molecule has 0 rings (SSSR count). The van der Waals surface area contributed by atoms with E-state index < -0.39 is 23.3 Å². The van der Waals surface area contributed by atoms with Crippen LogP contribution in [0.2, 0.25) is 0 Å². The molecule has 0 amide bonds. The van der Waals surface area contributed by atoms with Crippen LogP contribution in [0.4, 0.5) is 0 Å². The van der Waals surface area contributed by atoms with Crippen LogP contribution in [0.5, 0.6) is 0 Å². The van der Waals surface area contributed by atoms with E-state index in [4.69, 9.17) is 15.3 Å². The fourth-order valence-electron chi connectivity index (χ4n) is 2.88. The number of allylic oxidation sites excluding steroid dienone is 2. The highest BCUT2D eigenvalue weighted by Gasteiger charge is 2.53. The lowest BCUT2D eigenvalue weighted by atomic mass is 9.82. The van der Waals surface area contributed by atoms with Crippen molar-refractivity contribution in [3.8, 4) is 0 Å². The van der Waals surface area contributed by atoms with Gasteiger partial charge in [-0.3, -0.25) is 14.4 Å². The molecule has 6 heteroatoms. The highest BCUT2D eigenvalue weighted by atomic mass is 16.4. The predicted molar refractivity (Wildman–Crippen MR) is 100 cm³/mol. The lowest BCUT2D eigenvalue weighted by molar-refractivity contribution is -0.176. The molecule has 0 saturated heterocycles. The van der Waals surface area contributed by atoms with E-state index >= 15 is 0 Å². The molecule has 0 saturated carbocycles. The summed E-state index contributed by atoms with van der Waals surface area (Å²) in [6.45, 7) is 2.21. The van der Waals surface area contributed by atoms with Gasteiger partial charge in [0.1, 0.15) is 0 Å². The summed E-state index contributed by atoms with van der Waals surface area (Å²) in [7, 11) is 0. The van der Waals surface area contributed by atoms with Crippen LogP contribution in [0.25, 0.3) is 0 Å². The minimum atomic E-state index is -2.73. The normalized spacial score (nSPS) is 11.7. The fraction of sp³-hybridized carbons (Fsp3) is 0.750. The average Bonchev–Trinajstić information content (AvgIpc) is 2.57. The Morgan fingerprint density at radius 3 is 1.46 bits per heavy atom. The van der Waals surface area contributed by atoms with Gasteiger partial charge in [-0.25, -0.2) is 0 Å². The Hall–Kier alpha value is -1.85. The molecule has 3 N–H and O–H groups in total. The Balaban J connectivity index is 3.80. The summed E-state index contributed by atoms with van der Waals surface area (Å²) in [5.74, 6) is -5.43. The van der Waals surface area contributed by atoms with Gasteiger partial charge in [-0.15, -0.1) is 0 Å². The molecule has 0 bridgehead atoms. The largest absolute Gasteiger partial charge is 0.480 e. The molecule has 150 valence electrons. The molecule has 0 atom stereocenters. The summed E-state index contributed by atoms with van der Waals surface area (Å²) in [6, 6.07) is 0. The smallest absolute Gasteiger partial charge is 0.332 e. The van der Waals surface area contributed by atoms with Gasteiger partial charge >= 0.3 is 17.9 Å². The van der Waals surface area contributed by atoms with Crippen molar-refractivity contribution in [1.29, 1.82) is 0 Å². The predicted octanol–water partition coefficient (Wildman–Crippen LogP) is 4.87. The molecule has 0 spiro atoms. The molecule has 0 unspecified atom stereocenters. The Morgan fingerprint density at radius 2 is 1.04 bits per heavy atom. The molecule has 26 heavy (non-hydrogen) atoms. The zero-order valence-corrected chi connectivity index (χ0v) is 15.9. The SMILES string of the molecule is CCCCCCCC/C=C\CCCCCCC(C(=O)O)(C(=O)O)C(=O)O. The Kier molecular flexibility index (Phi) is 13.3. The summed E-state index contributed by atoms with van der Waals surface area (Å²) in [6.07, 6.45) is 16.4. The Labute approximate surface area is 156 Å². The number of aliphatic carboxylic acids is 3. The zero-order chi connectivity index (χ0) is 19.8. The standard InChI is InChI=1S/C20H34O6/c1-2-3-4-5-6-7-8-9-10-11-12-13-14-15-16-20(17(21)22,18(23)24)19(25)26/h9-10H,2-8,11-16H2,1H3,(H,21,22)(H,23,24)(H,25,26)/b10-9-. The minimum Gasteiger partial charge on any atom is -0.480 e. The van der Waals surface area contributed by atoms with Gasteiger partial charge in [-0.05, 0) is 32.1 Å². The van der Waals surface area contributed by atoms with Crippen LogP contribution < -0.4 is 0 Å². The molecule has 0 aromatic carbocycles. The second-order valence-electron chi connectivity index (χ2n) is 6.80. The summed E-state index contributed by atoms with van der Waals surface area (Å²) in [5.41, 5.74) is -2.73. The van der Waals surface area contributed by atoms with E-state index in [0.29, 0.717) is 6.42 Å². The van der Waals surface area contributed by atoms with Gasteiger partial charge in [0, 0.05) is 0 Å². The Bertz CT molecular complexity index is 419. The van der Waals surface area contributed by atoms with E-state index in [-0.39, 0.29) is 12.8 Å². The molecular weight excluding hydrogens is 336 g/mol. The van der Waals surface area contributed by atoms with Crippen LogP contribution in [-0.2, 0) is 14.4 Å². The van der Waals surface area contributed by atoms with E-state index in [0.717, 1.165) is 25.7 Å². The molecule has 0 aromatic heterocycles.